The number of amides is 1. The van der Waals surface area contributed by atoms with Gasteiger partial charge in [0, 0.05) is 35.9 Å². The number of carbonyl (C=O) groups excluding carboxylic acids is 2. The van der Waals surface area contributed by atoms with Crippen molar-refractivity contribution >= 4 is 23.8 Å². The second-order valence-corrected chi connectivity index (χ2v) is 10.8. The molecular weight excluding hydrogens is 563 g/mol. The van der Waals surface area contributed by atoms with E-state index in [-0.39, 0.29) is 12.2 Å². The number of halogens is 3. The lowest BCUT2D eigenvalue weighted by atomic mass is 9.91. The van der Waals surface area contributed by atoms with Crippen LogP contribution in [0.2, 0.25) is 0 Å². The summed E-state index contributed by atoms with van der Waals surface area (Å²) in [5.74, 6) is -4.14. The van der Waals surface area contributed by atoms with Gasteiger partial charge in [-0.05, 0) is 34.9 Å². The maximum atomic E-state index is 15.0. The third-order valence-corrected chi connectivity index (χ3v) is 8.56. The molecule has 0 bridgehead atoms. The lowest BCUT2D eigenvalue weighted by molar-refractivity contribution is -0.0786. The number of hydrogen-bond donors (Lipinski definition) is 0. The monoisotopic (exact) mass is 587 g/mol. The quantitative estimate of drug-likeness (QED) is 0.322. The van der Waals surface area contributed by atoms with Crippen LogP contribution in [-0.2, 0) is 15.2 Å². The van der Waals surface area contributed by atoms with Crippen molar-refractivity contribution in [1.29, 1.82) is 0 Å². The highest BCUT2D eigenvalue weighted by molar-refractivity contribution is 7.98. The van der Waals surface area contributed by atoms with Crippen LogP contribution in [0, 0.1) is 5.82 Å². The summed E-state index contributed by atoms with van der Waals surface area (Å²) < 4.78 is 60.4. The Morgan fingerprint density at radius 2 is 1.93 bits per heavy atom. The van der Waals surface area contributed by atoms with Gasteiger partial charge in [0.15, 0.2) is 5.69 Å². The molecular formula is C28H24F3N3O6S. The molecule has 0 saturated carbocycles. The molecule has 3 aliphatic rings. The van der Waals surface area contributed by atoms with Gasteiger partial charge in [-0.1, -0.05) is 24.3 Å². The number of ether oxygens (including phenoxy) is 3. The zero-order chi connectivity index (χ0) is 28.9. The van der Waals surface area contributed by atoms with Crippen molar-refractivity contribution in [2.24, 2.45) is 0 Å². The van der Waals surface area contributed by atoms with Crippen LogP contribution in [0.1, 0.15) is 46.1 Å². The van der Waals surface area contributed by atoms with Gasteiger partial charge in [0.2, 0.25) is 18.0 Å². The summed E-state index contributed by atoms with van der Waals surface area (Å²) in [5.41, 5.74) is 1.25. The number of pyridine rings is 1. The Labute approximate surface area is 236 Å². The average Bonchev–Trinajstić information content (AvgIpc) is 3.10. The molecule has 2 atom stereocenters. The summed E-state index contributed by atoms with van der Waals surface area (Å²) in [7, 11) is 1.10. The van der Waals surface area contributed by atoms with Crippen LogP contribution in [-0.4, -0.2) is 54.2 Å². The van der Waals surface area contributed by atoms with Gasteiger partial charge in [-0.3, -0.25) is 19.3 Å². The fraction of sp³-hybridized carbons (Fsp3) is 0.321. The first kappa shape index (κ1) is 27.1. The molecule has 2 aromatic carbocycles. The molecule has 0 aliphatic carbocycles. The minimum absolute atomic E-state index is 0.203. The van der Waals surface area contributed by atoms with Gasteiger partial charge < -0.3 is 19.1 Å². The van der Waals surface area contributed by atoms with Crippen molar-refractivity contribution in [3.63, 3.8) is 0 Å². The van der Waals surface area contributed by atoms with Gasteiger partial charge in [-0.25, -0.2) is 18.0 Å². The van der Waals surface area contributed by atoms with Gasteiger partial charge in [0.1, 0.15) is 12.0 Å². The Kier molecular flexibility index (Phi) is 6.84. The van der Waals surface area contributed by atoms with Crippen molar-refractivity contribution in [3.8, 4) is 5.75 Å². The van der Waals surface area contributed by atoms with Gasteiger partial charge in [0.05, 0.1) is 19.6 Å². The predicted octanol–water partition coefficient (Wildman–Crippen LogP) is 4.65. The zero-order valence-corrected chi connectivity index (χ0v) is 22.5. The summed E-state index contributed by atoms with van der Waals surface area (Å²) in [4.78, 5) is 40.4. The van der Waals surface area contributed by atoms with E-state index in [1.54, 1.807) is 11.1 Å². The van der Waals surface area contributed by atoms with Crippen molar-refractivity contribution in [1.82, 2.24) is 9.58 Å². The largest absolute Gasteiger partial charge is 0.510 e. The van der Waals surface area contributed by atoms with E-state index in [1.165, 1.54) is 39.7 Å². The van der Waals surface area contributed by atoms with Crippen molar-refractivity contribution in [3.05, 3.63) is 93.2 Å². The molecule has 0 unspecified atom stereocenters. The Hall–Kier alpha value is -4.13. The molecule has 214 valence electrons. The maximum absolute atomic E-state index is 15.0. The number of nitrogens with zero attached hydrogens (tertiary/aromatic N) is 3. The molecule has 1 aromatic heterocycles. The topological polar surface area (TPSA) is 90.3 Å². The van der Waals surface area contributed by atoms with Crippen LogP contribution in [0.3, 0.4) is 0 Å². The van der Waals surface area contributed by atoms with E-state index >= 15 is 8.78 Å². The maximum Gasteiger partial charge on any atom is 0.510 e. The van der Waals surface area contributed by atoms with Gasteiger partial charge in [-0.15, -0.1) is 11.8 Å². The summed E-state index contributed by atoms with van der Waals surface area (Å²) >= 11 is 1.49. The van der Waals surface area contributed by atoms with Crippen LogP contribution in [0.25, 0.3) is 0 Å². The summed E-state index contributed by atoms with van der Waals surface area (Å²) in [5, 5.41) is 1.64. The number of fused-ring (bicyclic) bond motifs is 4. The van der Waals surface area contributed by atoms with Crippen LogP contribution >= 0.6 is 11.8 Å². The Balaban J connectivity index is 1.58. The lowest BCUT2D eigenvalue weighted by Crippen LogP contribution is -2.66. The van der Waals surface area contributed by atoms with Crippen molar-refractivity contribution in [2.45, 2.75) is 41.6 Å². The average molecular weight is 588 g/mol. The summed E-state index contributed by atoms with van der Waals surface area (Å²) in [6.07, 6.45) is -2.04. The molecule has 4 heterocycles. The number of aromatic nitrogens is 1. The highest BCUT2D eigenvalue weighted by atomic mass is 32.2. The first-order valence-corrected chi connectivity index (χ1v) is 13.7. The minimum atomic E-state index is -3.06. The van der Waals surface area contributed by atoms with E-state index in [0.717, 1.165) is 23.6 Å². The molecule has 1 saturated heterocycles. The van der Waals surface area contributed by atoms with Gasteiger partial charge in [-0.2, -0.15) is 0 Å². The molecule has 0 N–H and O–H groups in total. The van der Waals surface area contributed by atoms with E-state index < -0.39 is 66.8 Å². The number of alkyl halides is 2. The fourth-order valence-corrected chi connectivity index (χ4v) is 6.69. The third-order valence-electron chi connectivity index (χ3n) is 7.42. The van der Waals surface area contributed by atoms with E-state index in [4.69, 9.17) is 9.47 Å². The number of thioether (sulfide) groups is 1. The Morgan fingerprint density at radius 1 is 1.12 bits per heavy atom. The van der Waals surface area contributed by atoms with Crippen LogP contribution in [0.15, 0.2) is 64.4 Å². The molecule has 6 rings (SSSR count). The normalized spacial score (nSPS) is 20.6. The van der Waals surface area contributed by atoms with E-state index in [0.29, 0.717) is 16.9 Å². The number of benzene rings is 2. The molecule has 13 heteroatoms. The molecule has 0 spiro atoms. The predicted molar refractivity (Wildman–Crippen MR) is 141 cm³/mol. The second kappa shape index (κ2) is 10.4. The molecule has 0 radical (unpaired) electrons. The van der Waals surface area contributed by atoms with Gasteiger partial charge >= 0.3 is 6.16 Å². The number of rotatable bonds is 4. The standard InChI is InChI=1S/C28H24F3N3O6S/c1-38-27(37)40-15-39-25-20(35)8-10-33-24(25)26(36)32-11-9-28(30,31)13-22(32)34(33)23-18-7-6-17(29)12-16(18)14-41-21-5-3-2-4-19(21)23/h2-8,10,12,22-23H,9,11,13-15H2,1H3/t22-,23+/m1/s1. The fourth-order valence-electron chi connectivity index (χ4n) is 5.61. The number of methoxy groups -OCH3 is 1. The smallest absolute Gasteiger partial charge is 0.451 e. The van der Waals surface area contributed by atoms with Crippen LogP contribution < -0.4 is 15.2 Å². The number of hydrogen-bond acceptors (Lipinski definition) is 8. The zero-order valence-electron chi connectivity index (χ0n) is 21.7. The molecule has 3 aromatic rings. The lowest BCUT2D eigenvalue weighted by Gasteiger charge is -2.53. The first-order chi connectivity index (χ1) is 19.7. The van der Waals surface area contributed by atoms with E-state index in [9.17, 15) is 18.8 Å². The van der Waals surface area contributed by atoms with Crippen LogP contribution in [0.5, 0.6) is 5.75 Å². The highest BCUT2D eigenvalue weighted by Gasteiger charge is 2.51. The number of carbonyl (C=O) groups is 2. The highest BCUT2D eigenvalue weighted by Crippen LogP contribution is 2.46. The first-order valence-electron chi connectivity index (χ1n) is 12.7. The SMILES string of the molecule is COC(=O)OCOc1c2n(ccc1=O)N([C@H]1c3ccc(F)cc3CSc3ccccc31)[C@@H]1CC(F)(F)CCN1C2=O. The second-order valence-electron chi connectivity index (χ2n) is 9.80. The molecule has 41 heavy (non-hydrogen) atoms. The third kappa shape index (κ3) is 4.77. The van der Waals surface area contributed by atoms with E-state index in [1.807, 2.05) is 24.3 Å². The minimum Gasteiger partial charge on any atom is -0.451 e. The number of piperidine rings is 1. The van der Waals surface area contributed by atoms with Gasteiger partial charge in [0.25, 0.3) is 11.8 Å². The molecule has 1 amide bonds. The molecule has 3 aliphatic heterocycles. The van der Waals surface area contributed by atoms with Crippen molar-refractivity contribution in [2.75, 3.05) is 25.5 Å². The Bertz CT molecular complexity index is 1600. The summed E-state index contributed by atoms with van der Waals surface area (Å²) in [6, 6.07) is 12.2. The molecule has 1 fully saturated rings. The van der Waals surface area contributed by atoms with E-state index in [2.05, 4.69) is 4.74 Å². The van der Waals surface area contributed by atoms with Crippen LogP contribution in [0.4, 0.5) is 18.0 Å². The summed E-state index contributed by atoms with van der Waals surface area (Å²) in [6.45, 7) is -0.994. The van der Waals surface area contributed by atoms with Crippen molar-refractivity contribution < 1.29 is 37.0 Å². The molecule has 9 nitrogen and oxygen atoms in total. The Morgan fingerprint density at radius 3 is 2.73 bits per heavy atom.